The predicted molar refractivity (Wildman–Crippen MR) is 60.2 cm³/mol. The normalized spacial score (nSPS) is 24.6. The molecule has 1 fully saturated rings. The summed E-state index contributed by atoms with van der Waals surface area (Å²) in [5, 5.41) is 2.40. The summed E-state index contributed by atoms with van der Waals surface area (Å²) in [7, 11) is 0. The minimum Gasteiger partial charge on any atom is -0.223 e. The van der Waals surface area contributed by atoms with Crippen LogP contribution in [0.2, 0.25) is 0 Å². The van der Waals surface area contributed by atoms with Crippen molar-refractivity contribution < 1.29 is 0 Å². The lowest BCUT2D eigenvalue weighted by Gasteiger charge is -2.24. The van der Waals surface area contributed by atoms with Gasteiger partial charge in [0.05, 0.1) is 4.55 Å². The Bertz CT molecular complexity index is 99.7. The maximum atomic E-state index is 2.42. The van der Waals surface area contributed by atoms with Gasteiger partial charge < -0.3 is 0 Å². The molecular weight excluding hydrogens is 354 g/mol. The van der Waals surface area contributed by atoms with Crippen LogP contribution in [0.5, 0.6) is 0 Å². The Kier molecular flexibility index (Phi) is 4.83. The molecule has 0 aromatic rings. The predicted octanol–water partition coefficient (Wildman–Crippen LogP) is 2.43. The molecule has 0 amide bonds. The van der Waals surface area contributed by atoms with Crippen molar-refractivity contribution in [1.82, 2.24) is 8.23 Å². The summed E-state index contributed by atoms with van der Waals surface area (Å²) in [5.74, 6) is 0. The molecule has 0 spiro atoms. The second-order valence-corrected chi connectivity index (χ2v) is 4.27. The molecule has 0 N–H and O–H groups in total. The third-order valence-electron chi connectivity index (χ3n) is 1.70. The Balaban J connectivity index is 2.35. The fraction of sp³-hybridized carbons (Fsp3) is 1.00. The van der Waals surface area contributed by atoms with Gasteiger partial charge in [0.25, 0.3) is 0 Å². The molecular formula is C6H12I2N2. The first-order chi connectivity index (χ1) is 4.84. The Morgan fingerprint density at radius 2 is 1.80 bits per heavy atom. The lowest BCUT2D eigenvalue weighted by atomic mass is 10.2. The zero-order valence-corrected chi connectivity index (χ0v) is 10.2. The molecule has 1 heterocycles. The van der Waals surface area contributed by atoms with E-state index in [-0.39, 0.29) is 0 Å². The van der Waals surface area contributed by atoms with E-state index in [9.17, 15) is 0 Å². The van der Waals surface area contributed by atoms with Crippen LogP contribution in [-0.2, 0) is 0 Å². The van der Waals surface area contributed by atoms with E-state index in [1.54, 1.807) is 0 Å². The first kappa shape index (κ1) is 9.47. The Labute approximate surface area is 89.9 Å². The molecule has 0 saturated carbocycles. The molecule has 1 saturated heterocycles. The highest BCUT2D eigenvalue weighted by Crippen LogP contribution is 2.15. The minimum atomic E-state index is 1.13. The van der Waals surface area contributed by atoms with E-state index in [0.29, 0.717) is 0 Å². The average Bonchev–Trinajstić information content (AvgIpc) is 2.13. The minimum absolute atomic E-state index is 1.13. The zero-order chi connectivity index (χ0) is 7.40. The van der Waals surface area contributed by atoms with Crippen molar-refractivity contribution in [2.75, 3.05) is 17.6 Å². The quantitative estimate of drug-likeness (QED) is 0.305. The summed E-state index contributed by atoms with van der Waals surface area (Å²) in [4.78, 5) is 0. The Hall–Kier alpha value is 1.38. The maximum Gasteiger partial charge on any atom is 0.0659 e. The second kappa shape index (κ2) is 5.10. The van der Waals surface area contributed by atoms with Crippen LogP contribution in [0.1, 0.15) is 19.3 Å². The summed E-state index contributed by atoms with van der Waals surface area (Å²) < 4.78 is 3.44. The second-order valence-electron chi connectivity index (χ2n) is 2.47. The molecule has 2 nitrogen and oxygen atoms in total. The first-order valence-corrected chi connectivity index (χ1v) is 6.08. The van der Waals surface area contributed by atoms with Crippen LogP contribution in [0.15, 0.2) is 0 Å². The first-order valence-electron chi connectivity index (χ1n) is 3.58. The van der Waals surface area contributed by atoms with Gasteiger partial charge in [0.1, 0.15) is 0 Å². The fourth-order valence-corrected chi connectivity index (χ4v) is 3.08. The largest absolute Gasteiger partial charge is 0.223 e. The van der Waals surface area contributed by atoms with Crippen molar-refractivity contribution in [3.05, 3.63) is 0 Å². The van der Waals surface area contributed by atoms with E-state index in [2.05, 4.69) is 53.7 Å². The van der Waals surface area contributed by atoms with Crippen molar-refractivity contribution in [2.24, 2.45) is 0 Å². The van der Waals surface area contributed by atoms with E-state index < -0.39 is 0 Å². The van der Waals surface area contributed by atoms with Gasteiger partial charge >= 0.3 is 0 Å². The van der Waals surface area contributed by atoms with Gasteiger partial charge in [0.15, 0.2) is 0 Å². The zero-order valence-electron chi connectivity index (χ0n) is 5.89. The van der Waals surface area contributed by atoms with Gasteiger partial charge in [-0.3, -0.25) is 0 Å². The van der Waals surface area contributed by atoms with Crippen LogP contribution < -0.4 is 0 Å². The van der Waals surface area contributed by atoms with Gasteiger partial charge in [-0.15, -0.1) is 0 Å². The highest BCUT2D eigenvalue weighted by molar-refractivity contribution is 14.1. The Morgan fingerprint density at radius 1 is 1.10 bits per heavy atom. The summed E-state index contributed by atoms with van der Waals surface area (Å²) in [6, 6.07) is 0. The molecule has 1 rings (SSSR count). The number of halogens is 2. The smallest absolute Gasteiger partial charge is 0.0659 e. The molecule has 0 aromatic heterocycles. The van der Waals surface area contributed by atoms with Crippen LogP contribution in [0.25, 0.3) is 0 Å². The van der Waals surface area contributed by atoms with Gasteiger partial charge in [-0.25, -0.2) is 5.01 Å². The van der Waals surface area contributed by atoms with Crippen molar-refractivity contribution in [3.63, 3.8) is 0 Å². The molecule has 0 aliphatic carbocycles. The van der Waals surface area contributed by atoms with Crippen molar-refractivity contribution in [1.29, 1.82) is 0 Å². The molecule has 0 radical (unpaired) electrons. The van der Waals surface area contributed by atoms with Crippen LogP contribution >= 0.6 is 45.5 Å². The van der Waals surface area contributed by atoms with Crippen molar-refractivity contribution >= 4 is 45.5 Å². The lowest BCUT2D eigenvalue weighted by Crippen LogP contribution is -2.33. The summed E-state index contributed by atoms with van der Waals surface area (Å²) in [6.07, 6.45) is 4.12. The standard InChI is InChI=1S/C6H12I2N2/c7-6-9-4-2-1-3-5-10(9)8/h1-6H2. The number of hydrogen-bond donors (Lipinski definition) is 0. The lowest BCUT2D eigenvalue weighted by molar-refractivity contribution is 0.138. The summed E-state index contributed by atoms with van der Waals surface area (Å²) in [5.41, 5.74) is 0. The van der Waals surface area contributed by atoms with Crippen LogP contribution in [0.4, 0.5) is 0 Å². The molecule has 10 heavy (non-hydrogen) atoms. The molecule has 1 aliphatic heterocycles. The highest BCUT2D eigenvalue weighted by Gasteiger charge is 2.13. The van der Waals surface area contributed by atoms with Gasteiger partial charge in [0, 0.05) is 36.0 Å². The SMILES string of the molecule is ICN1CCCCCN1I. The fourth-order valence-electron chi connectivity index (χ4n) is 1.08. The molecule has 0 unspecified atom stereocenters. The molecule has 60 valence electrons. The average molecular weight is 366 g/mol. The van der Waals surface area contributed by atoms with Crippen LogP contribution in [0.3, 0.4) is 0 Å². The third-order valence-corrected chi connectivity index (χ3v) is 3.58. The van der Waals surface area contributed by atoms with E-state index >= 15 is 0 Å². The van der Waals surface area contributed by atoms with Gasteiger partial charge in [-0.1, -0.05) is 29.0 Å². The molecule has 0 aromatic carbocycles. The van der Waals surface area contributed by atoms with Crippen LogP contribution in [-0.4, -0.2) is 25.9 Å². The number of rotatable bonds is 1. The Morgan fingerprint density at radius 3 is 2.50 bits per heavy atom. The topological polar surface area (TPSA) is 6.48 Å². The summed E-state index contributed by atoms with van der Waals surface area (Å²) >= 11 is 4.82. The highest BCUT2D eigenvalue weighted by atomic mass is 127. The van der Waals surface area contributed by atoms with Crippen molar-refractivity contribution in [3.8, 4) is 0 Å². The van der Waals surface area contributed by atoms with Crippen molar-refractivity contribution in [2.45, 2.75) is 19.3 Å². The van der Waals surface area contributed by atoms with E-state index in [1.165, 1.54) is 32.4 Å². The third kappa shape index (κ3) is 2.78. The molecule has 0 atom stereocenters. The number of hydrogen-bond acceptors (Lipinski definition) is 2. The monoisotopic (exact) mass is 366 g/mol. The van der Waals surface area contributed by atoms with Gasteiger partial charge in [-0.2, -0.15) is 3.22 Å². The van der Waals surface area contributed by atoms with Gasteiger partial charge in [0.2, 0.25) is 0 Å². The number of hydrazine groups is 1. The van der Waals surface area contributed by atoms with Gasteiger partial charge in [-0.05, 0) is 12.8 Å². The maximum absolute atomic E-state index is 2.42. The molecule has 0 bridgehead atoms. The van der Waals surface area contributed by atoms with E-state index in [4.69, 9.17) is 0 Å². The number of nitrogens with zero attached hydrogens (tertiary/aromatic N) is 2. The number of alkyl halides is 1. The molecule has 4 heteroatoms. The molecule has 1 aliphatic rings. The van der Waals surface area contributed by atoms with Crippen LogP contribution in [0, 0.1) is 0 Å². The van der Waals surface area contributed by atoms with E-state index in [1.807, 2.05) is 0 Å². The summed E-state index contributed by atoms with van der Waals surface area (Å²) in [6.45, 7) is 2.47. The van der Waals surface area contributed by atoms with E-state index in [0.717, 1.165) is 4.55 Å².